The van der Waals surface area contributed by atoms with Crippen molar-refractivity contribution in [2.45, 2.75) is 45.1 Å². The normalized spacial score (nSPS) is 14.0. The van der Waals surface area contributed by atoms with E-state index < -0.39 is 0 Å². The van der Waals surface area contributed by atoms with Gasteiger partial charge in [-0.2, -0.15) is 0 Å². The van der Waals surface area contributed by atoms with Crippen molar-refractivity contribution < 1.29 is 9.47 Å². The summed E-state index contributed by atoms with van der Waals surface area (Å²) in [6.45, 7) is 1.17. The molecule has 2 aromatic heterocycles. The Morgan fingerprint density at radius 1 is 1.11 bits per heavy atom. The molecule has 5 nitrogen and oxygen atoms in total. The first-order chi connectivity index (χ1) is 13.3. The molecule has 0 saturated carbocycles. The summed E-state index contributed by atoms with van der Waals surface area (Å²) in [6.07, 6.45) is 8.18. The van der Waals surface area contributed by atoms with Crippen LogP contribution in [0.3, 0.4) is 0 Å². The van der Waals surface area contributed by atoms with E-state index in [4.69, 9.17) is 9.47 Å². The number of thiophene rings is 1. The molecule has 0 amide bonds. The minimum absolute atomic E-state index is 0.101. The summed E-state index contributed by atoms with van der Waals surface area (Å²) < 4.78 is 12.6. The van der Waals surface area contributed by atoms with Crippen LogP contribution in [-0.4, -0.2) is 23.3 Å². The molecule has 2 heterocycles. The third kappa shape index (κ3) is 3.86. The van der Waals surface area contributed by atoms with Gasteiger partial charge in [0.1, 0.15) is 16.3 Å². The summed E-state index contributed by atoms with van der Waals surface area (Å²) >= 11 is 1.71. The topological polar surface area (TPSA) is 53.4 Å². The van der Waals surface area contributed by atoms with Crippen LogP contribution in [-0.2, 0) is 19.4 Å². The zero-order valence-corrected chi connectivity index (χ0v) is 16.4. The van der Waals surface area contributed by atoms with Crippen LogP contribution in [0.4, 0.5) is 0 Å². The number of hydrogen-bond acceptors (Lipinski definition) is 5. The van der Waals surface area contributed by atoms with Gasteiger partial charge in [-0.05, 0) is 61.9 Å². The van der Waals surface area contributed by atoms with Crippen molar-refractivity contribution >= 4 is 21.6 Å². The molecule has 0 atom stereocenters. The molecule has 27 heavy (non-hydrogen) atoms. The molecule has 1 aromatic carbocycles. The fourth-order valence-electron chi connectivity index (χ4n) is 3.61. The van der Waals surface area contributed by atoms with Crippen molar-refractivity contribution in [3.63, 3.8) is 0 Å². The van der Waals surface area contributed by atoms with E-state index >= 15 is 0 Å². The van der Waals surface area contributed by atoms with E-state index in [1.54, 1.807) is 29.3 Å². The maximum absolute atomic E-state index is 13.0. The average Bonchev–Trinajstić information content (AvgIpc) is 2.89. The zero-order valence-electron chi connectivity index (χ0n) is 15.6. The van der Waals surface area contributed by atoms with Crippen molar-refractivity contribution in [3.8, 4) is 11.5 Å². The van der Waals surface area contributed by atoms with Gasteiger partial charge in [0.15, 0.2) is 0 Å². The van der Waals surface area contributed by atoms with Gasteiger partial charge in [-0.15, -0.1) is 11.3 Å². The van der Waals surface area contributed by atoms with Crippen LogP contribution < -0.4 is 15.0 Å². The van der Waals surface area contributed by atoms with Crippen LogP contribution >= 0.6 is 11.3 Å². The Morgan fingerprint density at radius 3 is 2.70 bits per heavy atom. The minimum Gasteiger partial charge on any atom is -0.497 e. The van der Waals surface area contributed by atoms with E-state index in [0.717, 1.165) is 41.0 Å². The Labute approximate surface area is 162 Å². The molecule has 0 radical (unpaired) electrons. The Kier molecular flexibility index (Phi) is 5.43. The van der Waals surface area contributed by atoms with Crippen molar-refractivity contribution in [2.24, 2.45) is 0 Å². The average molecular weight is 385 g/mol. The Bertz CT molecular complexity index is 975. The molecule has 0 aliphatic heterocycles. The second-order valence-electron chi connectivity index (χ2n) is 6.87. The van der Waals surface area contributed by atoms with E-state index in [1.807, 2.05) is 24.3 Å². The molecule has 0 unspecified atom stereocenters. The largest absolute Gasteiger partial charge is 0.497 e. The van der Waals surface area contributed by atoms with Gasteiger partial charge in [0.05, 0.1) is 25.4 Å². The Hall–Kier alpha value is -2.34. The van der Waals surface area contributed by atoms with Crippen LogP contribution in [0.2, 0.25) is 0 Å². The molecular weight excluding hydrogens is 360 g/mol. The van der Waals surface area contributed by atoms with Crippen LogP contribution in [0.15, 0.2) is 35.4 Å². The van der Waals surface area contributed by atoms with Gasteiger partial charge in [0.25, 0.3) is 5.56 Å². The standard InChI is InChI=1S/C21H24N2O3S/c1-25-15-8-10-16(11-9-15)26-13-5-12-23-14-22-20-19(21(23)24)17-6-3-2-4-7-18(17)27-20/h8-11,14H,2-7,12-13H2,1H3. The second kappa shape index (κ2) is 8.13. The number of aryl methyl sites for hydroxylation is 3. The highest BCUT2D eigenvalue weighted by molar-refractivity contribution is 7.18. The fraction of sp³-hybridized carbons (Fsp3) is 0.429. The van der Waals surface area contributed by atoms with Gasteiger partial charge in [0, 0.05) is 11.4 Å². The molecule has 0 spiro atoms. The number of rotatable bonds is 6. The number of benzene rings is 1. The predicted octanol–water partition coefficient (Wildman–Crippen LogP) is 4.20. The first kappa shape index (κ1) is 18.0. The number of ether oxygens (including phenoxy) is 2. The zero-order chi connectivity index (χ0) is 18.6. The first-order valence-corrected chi connectivity index (χ1v) is 10.3. The molecule has 0 N–H and O–H groups in total. The number of methoxy groups -OCH3 is 1. The number of nitrogens with zero attached hydrogens (tertiary/aromatic N) is 2. The van der Waals surface area contributed by atoms with Gasteiger partial charge in [0.2, 0.25) is 0 Å². The van der Waals surface area contributed by atoms with Crippen molar-refractivity contribution in [2.75, 3.05) is 13.7 Å². The SMILES string of the molecule is COc1ccc(OCCCn2cnc3sc4c(c3c2=O)CCCCC4)cc1. The Balaban J connectivity index is 1.43. The van der Waals surface area contributed by atoms with Crippen molar-refractivity contribution in [3.05, 3.63) is 51.4 Å². The minimum atomic E-state index is 0.101. The number of fused-ring (bicyclic) bond motifs is 3. The summed E-state index contributed by atoms with van der Waals surface area (Å²) in [4.78, 5) is 19.8. The summed E-state index contributed by atoms with van der Waals surface area (Å²) in [6, 6.07) is 7.53. The van der Waals surface area contributed by atoms with E-state index in [-0.39, 0.29) is 5.56 Å². The van der Waals surface area contributed by atoms with Gasteiger partial charge >= 0.3 is 0 Å². The second-order valence-corrected chi connectivity index (χ2v) is 7.95. The van der Waals surface area contributed by atoms with Crippen LogP contribution in [0.5, 0.6) is 11.5 Å². The van der Waals surface area contributed by atoms with Crippen molar-refractivity contribution in [1.82, 2.24) is 9.55 Å². The lowest BCUT2D eigenvalue weighted by molar-refractivity contribution is 0.300. The third-order valence-electron chi connectivity index (χ3n) is 5.06. The summed E-state index contributed by atoms with van der Waals surface area (Å²) in [7, 11) is 1.64. The third-order valence-corrected chi connectivity index (χ3v) is 6.26. The summed E-state index contributed by atoms with van der Waals surface area (Å²) in [5.74, 6) is 1.61. The number of hydrogen-bond donors (Lipinski definition) is 0. The fourth-order valence-corrected chi connectivity index (χ4v) is 4.83. The van der Waals surface area contributed by atoms with Gasteiger partial charge < -0.3 is 9.47 Å². The van der Waals surface area contributed by atoms with E-state index in [0.29, 0.717) is 13.2 Å². The summed E-state index contributed by atoms with van der Waals surface area (Å²) in [5, 5.41) is 0.857. The van der Waals surface area contributed by atoms with E-state index in [1.165, 1.54) is 29.7 Å². The maximum atomic E-state index is 13.0. The molecule has 1 aliphatic carbocycles. The van der Waals surface area contributed by atoms with Crippen LogP contribution in [0.1, 0.15) is 36.1 Å². The number of aromatic nitrogens is 2. The van der Waals surface area contributed by atoms with E-state index in [2.05, 4.69) is 4.98 Å². The molecule has 0 saturated heterocycles. The van der Waals surface area contributed by atoms with Gasteiger partial charge in [-0.25, -0.2) is 4.98 Å². The van der Waals surface area contributed by atoms with Crippen LogP contribution in [0.25, 0.3) is 10.2 Å². The molecular formula is C21H24N2O3S. The molecule has 6 heteroatoms. The molecule has 0 fully saturated rings. The lowest BCUT2D eigenvalue weighted by Gasteiger charge is -2.08. The highest BCUT2D eigenvalue weighted by atomic mass is 32.1. The smallest absolute Gasteiger partial charge is 0.262 e. The molecule has 142 valence electrons. The van der Waals surface area contributed by atoms with Gasteiger partial charge in [-0.1, -0.05) is 6.42 Å². The monoisotopic (exact) mass is 384 g/mol. The lowest BCUT2D eigenvalue weighted by atomic mass is 10.1. The van der Waals surface area contributed by atoms with Crippen molar-refractivity contribution in [1.29, 1.82) is 0 Å². The summed E-state index contributed by atoms with van der Waals surface area (Å²) in [5.41, 5.74) is 1.36. The van der Waals surface area contributed by atoms with Gasteiger partial charge in [-0.3, -0.25) is 9.36 Å². The first-order valence-electron chi connectivity index (χ1n) is 9.53. The highest BCUT2D eigenvalue weighted by Crippen LogP contribution is 2.32. The van der Waals surface area contributed by atoms with Crippen LogP contribution in [0, 0.1) is 0 Å². The molecule has 0 bridgehead atoms. The van der Waals surface area contributed by atoms with E-state index in [9.17, 15) is 4.79 Å². The molecule has 4 rings (SSSR count). The lowest BCUT2D eigenvalue weighted by Crippen LogP contribution is -2.21. The Morgan fingerprint density at radius 2 is 1.89 bits per heavy atom. The maximum Gasteiger partial charge on any atom is 0.262 e. The molecule has 3 aromatic rings. The highest BCUT2D eigenvalue weighted by Gasteiger charge is 2.18. The quantitative estimate of drug-likeness (QED) is 0.472. The predicted molar refractivity (Wildman–Crippen MR) is 108 cm³/mol. The molecule has 1 aliphatic rings.